The summed E-state index contributed by atoms with van der Waals surface area (Å²) in [5.41, 5.74) is 0.978. The summed E-state index contributed by atoms with van der Waals surface area (Å²) in [4.78, 5) is 7.18. The minimum atomic E-state index is 0.470. The monoisotopic (exact) mass is 346 g/mol. The molecule has 0 bridgehead atoms. The van der Waals surface area contributed by atoms with E-state index in [1.807, 2.05) is 34.6 Å². The summed E-state index contributed by atoms with van der Waals surface area (Å²) >= 11 is 1.83. The van der Waals surface area contributed by atoms with Gasteiger partial charge < -0.3 is 9.64 Å². The third-order valence-corrected chi connectivity index (χ3v) is 5.34. The van der Waals surface area contributed by atoms with Crippen LogP contribution in [0.5, 0.6) is 5.75 Å². The summed E-state index contributed by atoms with van der Waals surface area (Å²) in [6.45, 7) is 0. The summed E-state index contributed by atoms with van der Waals surface area (Å²) in [5, 5.41) is 4.80. The third kappa shape index (κ3) is 3.44. The highest BCUT2D eigenvalue weighted by Crippen LogP contribution is 2.39. The molecule has 130 valence electrons. The number of rotatable bonds is 7. The molecule has 1 heterocycles. The molecular weight excluding hydrogens is 320 g/mol. The van der Waals surface area contributed by atoms with Gasteiger partial charge in [-0.2, -0.15) is 16.9 Å². The van der Waals surface area contributed by atoms with Gasteiger partial charge in [0.25, 0.3) is 0 Å². The Bertz CT molecular complexity index is 679. The first-order chi connectivity index (χ1) is 11.6. The van der Waals surface area contributed by atoms with E-state index < -0.39 is 0 Å². The Labute approximate surface area is 148 Å². The zero-order valence-electron chi connectivity index (χ0n) is 14.9. The van der Waals surface area contributed by atoms with Crippen LogP contribution in [-0.4, -0.2) is 58.9 Å². The van der Waals surface area contributed by atoms with E-state index in [0.29, 0.717) is 12.0 Å². The van der Waals surface area contributed by atoms with Crippen LogP contribution in [0.2, 0.25) is 0 Å². The molecule has 1 aromatic heterocycles. The number of nitrogens with zero attached hydrogens (tertiary/aromatic N) is 4. The summed E-state index contributed by atoms with van der Waals surface area (Å²) in [5.74, 6) is 4.36. The molecule has 0 atom stereocenters. The van der Waals surface area contributed by atoms with Crippen molar-refractivity contribution in [3.63, 3.8) is 0 Å². The first-order valence-corrected chi connectivity index (χ1v) is 9.78. The van der Waals surface area contributed by atoms with E-state index in [1.165, 1.54) is 0 Å². The predicted octanol–water partition coefficient (Wildman–Crippen LogP) is 2.99. The van der Waals surface area contributed by atoms with E-state index in [1.54, 1.807) is 7.11 Å². The normalized spacial score (nSPS) is 20.2. The minimum Gasteiger partial charge on any atom is -0.494 e. The van der Waals surface area contributed by atoms with Gasteiger partial charge in [0.15, 0.2) is 5.82 Å². The van der Waals surface area contributed by atoms with Gasteiger partial charge in [0.05, 0.1) is 7.11 Å². The highest BCUT2D eigenvalue weighted by molar-refractivity contribution is 7.98. The Kier molecular flexibility index (Phi) is 5.46. The molecule has 1 aromatic carbocycles. The van der Waals surface area contributed by atoms with Crippen LogP contribution in [0.25, 0.3) is 5.69 Å². The number of methoxy groups -OCH3 is 1. The van der Waals surface area contributed by atoms with Crippen molar-refractivity contribution in [1.82, 2.24) is 19.7 Å². The third-order valence-electron chi connectivity index (χ3n) is 4.73. The standard InChI is InChI=1S/C18H26N4OS/c1-21(2)14-11-13(12-14)18-19-17(9-10-24-4)20-22(18)15-7-5-6-8-16(15)23-3/h5-8,13-14H,9-12H2,1-4H3. The lowest BCUT2D eigenvalue weighted by atomic mass is 9.79. The second-order valence-electron chi connectivity index (χ2n) is 6.50. The van der Waals surface area contributed by atoms with Crippen LogP contribution in [-0.2, 0) is 6.42 Å². The van der Waals surface area contributed by atoms with Crippen LogP contribution in [0.1, 0.15) is 30.4 Å². The number of hydrogen-bond acceptors (Lipinski definition) is 5. The van der Waals surface area contributed by atoms with Gasteiger partial charge in [0.2, 0.25) is 0 Å². The Morgan fingerprint density at radius 2 is 2.04 bits per heavy atom. The molecule has 0 amide bonds. The SMILES string of the molecule is COc1ccccc1-n1nc(CCSC)nc1C1CC(N(C)C)C1. The molecule has 1 saturated carbocycles. The van der Waals surface area contributed by atoms with Crippen molar-refractivity contribution in [2.75, 3.05) is 33.2 Å². The molecule has 0 unspecified atom stereocenters. The molecule has 3 rings (SSSR count). The molecular formula is C18H26N4OS. The Hall–Kier alpha value is -1.53. The maximum atomic E-state index is 5.53. The molecule has 1 aliphatic rings. The summed E-state index contributed by atoms with van der Waals surface area (Å²) < 4.78 is 7.54. The zero-order chi connectivity index (χ0) is 17.1. The van der Waals surface area contributed by atoms with Gasteiger partial charge in [-0.1, -0.05) is 12.1 Å². The second kappa shape index (κ2) is 7.57. The molecule has 0 radical (unpaired) electrons. The van der Waals surface area contributed by atoms with E-state index in [-0.39, 0.29) is 0 Å². The highest BCUT2D eigenvalue weighted by atomic mass is 32.2. The largest absolute Gasteiger partial charge is 0.494 e. The van der Waals surface area contributed by atoms with Crippen molar-refractivity contribution in [1.29, 1.82) is 0 Å². The molecule has 6 heteroatoms. The molecule has 0 saturated heterocycles. The predicted molar refractivity (Wildman–Crippen MR) is 99.4 cm³/mol. The topological polar surface area (TPSA) is 43.2 Å². The summed E-state index contributed by atoms with van der Waals surface area (Å²) in [6.07, 6.45) is 5.30. The quantitative estimate of drug-likeness (QED) is 0.771. The van der Waals surface area contributed by atoms with E-state index >= 15 is 0 Å². The Morgan fingerprint density at radius 3 is 2.71 bits per heavy atom. The van der Waals surface area contributed by atoms with Crippen LogP contribution < -0.4 is 4.74 Å². The fraction of sp³-hybridized carbons (Fsp3) is 0.556. The van der Waals surface area contributed by atoms with Crippen molar-refractivity contribution < 1.29 is 4.74 Å². The summed E-state index contributed by atoms with van der Waals surface area (Å²) in [7, 11) is 6.00. The first-order valence-electron chi connectivity index (χ1n) is 8.38. The average Bonchev–Trinajstić information content (AvgIpc) is 2.94. The van der Waals surface area contributed by atoms with Gasteiger partial charge in [-0.25, -0.2) is 9.67 Å². The van der Waals surface area contributed by atoms with Gasteiger partial charge >= 0.3 is 0 Å². The summed E-state index contributed by atoms with van der Waals surface area (Å²) in [6, 6.07) is 8.68. The van der Waals surface area contributed by atoms with Crippen molar-refractivity contribution in [2.24, 2.45) is 0 Å². The fourth-order valence-electron chi connectivity index (χ4n) is 3.13. The number of ether oxygens (including phenoxy) is 1. The highest BCUT2D eigenvalue weighted by Gasteiger charge is 2.35. The van der Waals surface area contributed by atoms with Gasteiger partial charge in [-0.15, -0.1) is 0 Å². The Balaban J connectivity index is 1.93. The van der Waals surface area contributed by atoms with Crippen LogP contribution in [0.15, 0.2) is 24.3 Å². The van der Waals surface area contributed by atoms with Gasteiger partial charge in [0.1, 0.15) is 17.3 Å². The van der Waals surface area contributed by atoms with Gasteiger partial charge in [-0.05, 0) is 45.3 Å². The molecule has 2 aromatic rings. The maximum Gasteiger partial charge on any atom is 0.152 e. The molecule has 1 aliphatic carbocycles. The molecule has 24 heavy (non-hydrogen) atoms. The zero-order valence-corrected chi connectivity index (χ0v) is 15.7. The van der Waals surface area contributed by atoms with Crippen molar-refractivity contribution >= 4 is 11.8 Å². The van der Waals surface area contributed by atoms with Crippen molar-refractivity contribution in [2.45, 2.75) is 31.2 Å². The smallest absolute Gasteiger partial charge is 0.152 e. The lowest BCUT2D eigenvalue weighted by molar-refractivity contribution is 0.160. The van der Waals surface area contributed by atoms with Crippen LogP contribution in [0.3, 0.4) is 0 Å². The lowest BCUT2D eigenvalue weighted by Gasteiger charge is -2.39. The van der Waals surface area contributed by atoms with Crippen molar-refractivity contribution in [3.8, 4) is 11.4 Å². The minimum absolute atomic E-state index is 0.470. The van der Waals surface area contributed by atoms with E-state index in [0.717, 1.165) is 48.1 Å². The second-order valence-corrected chi connectivity index (χ2v) is 7.48. The van der Waals surface area contributed by atoms with E-state index in [4.69, 9.17) is 14.8 Å². The van der Waals surface area contributed by atoms with Crippen LogP contribution in [0.4, 0.5) is 0 Å². The number of aromatic nitrogens is 3. The Morgan fingerprint density at radius 1 is 1.29 bits per heavy atom. The van der Waals surface area contributed by atoms with Crippen molar-refractivity contribution in [3.05, 3.63) is 35.9 Å². The van der Waals surface area contributed by atoms with Gasteiger partial charge in [-0.3, -0.25) is 0 Å². The maximum absolute atomic E-state index is 5.53. The molecule has 0 N–H and O–H groups in total. The number of hydrogen-bond donors (Lipinski definition) is 0. The molecule has 0 aliphatic heterocycles. The van der Waals surface area contributed by atoms with E-state index in [2.05, 4.69) is 31.3 Å². The van der Waals surface area contributed by atoms with Crippen LogP contribution in [0, 0.1) is 0 Å². The fourth-order valence-corrected chi connectivity index (χ4v) is 3.52. The van der Waals surface area contributed by atoms with E-state index in [9.17, 15) is 0 Å². The number of thioether (sulfide) groups is 1. The molecule has 5 nitrogen and oxygen atoms in total. The van der Waals surface area contributed by atoms with Crippen LogP contribution >= 0.6 is 11.8 Å². The number of aryl methyl sites for hydroxylation is 1. The number of para-hydroxylation sites is 2. The van der Waals surface area contributed by atoms with Gasteiger partial charge in [0, 0.05) is 24.1 Å². The first kappa shape index (κ1) is 17.3. The molecule has 1 fully saturated rings. The molecule has 0 spiro atoms. The number of benzene rings is 1. The average molecular weight is 347 g/mol. The lowest BCUT2D eigenvalue weighted by Crippen LogP contribution is -2.40.